The highest BCUT2D eigenvalue weighted by molar-refractivity contribution is 7.99. The van der Waals surface area contributed by atoms with Crippen molar-refractivity contribution in [2.24, 2.45) is 0 Å². The second-order valence-electron chi connectivity index (χ2n) is 7.40. The van der Waals surface area contributed by atoms with Crippen molar-refractivity contribution in [3.8, 4) is 0 Å². The Morgan fingerprint density at radius 1 is 1.07 bits per heavy atom. The lowest BCUT2D eigenvalue weighted by atomic mass is 10.1. The number of carbonyl (C=O) groups excluding carboxylic acids is 1. The van der Waals surface area contributed by atoms with Crippen molar-refractivity contribution in [1.82, 2.24) is 24.5 Å². The van der Waals surface area contributed by atoms with Gasteiger partial charge >= 0.3 is 0 Å². The molecule has 0 unspecified atom stereocenters. The fourth-order valence-corrected chi connectivity index (χ4v) is 4.27. The number of nitrogens with zero attached hydrogens (tertiary/aromatic N) is 5. The van der Waals surface area contributed by atoms with E-state index >= 15 is 0 Å². The SMILES string of the molecule is CCCN(Cc1ccc(C)cc1)C(=O)CSc1nc2ccccc2c2nc(C)nn12. The van der Waals surface area contributed by atoms with E-state index in [2.05, 4.69) is 48.2 Å². The lowest BCUT2D eigenvalue weighted by Crippen LogP contribution is -2.32. The average Bonchev–Trinajstić information content (AvgIpc) is 3.15. The van der Waals surface area contributed by atoms with E-state index in [-0.39, 0.29) is 5.91 Å². The summed E-state index contributed by atoms with van der Waals surface area (Å²) in [7, 11) is 0. The van der Waals surface area contributed by atoms with E-state index in [1.54, 1.807) is 4.52 Å². The molecule has 1 amide bonds. The highest BCUT2D eigenvalue weighted by Crippen LogP contribution is 2.24. The Morgan fingerprint density at radius 2 is 1.83 bits per heavy atom. The van der Waals surface area contributed by atoms with Gasteiger partial charge in [0.2, 0.25) is 5.91 Å². The molecule has 7 heteroatoms. The van der Waals surface area contributed by atoms with Crippen LogP contribution in [0.1, 0.15) is 30.3 Å². The summed E-state index contributed by atoms with van der Waals surface area (Å²) >= 11 is 1.41. The number of fused-ring (bicyclic) bond motifs is 3. The lowest BCUT2D eigenvalue weighted by molar-refractivity contribution is -0.129. The standard InChI is InChI=1S/C23H25N5OS/c1-4-13-27(14-18-11-9-16(2)10-12-18)21(29)15-30-23-25-20-8-6-5-7-19(20)22-24-17(3)26-28(22)23/h5-12H,4,13-15H2,1-3H3. The van der Waals surface area contributed by atoms with Crippen LogP contribution in [0.2, 0.25) is 0 Å². The molecule has 0 radical (unpaired) electrons. The highest BCUT2D eigenvalue weighted by atomic mass is 32.2. The number of aryl methyl sites for hydroxylation is 2. The van der Waals surface area contributed by atoms with E-state index in [0.29, 0.717) is 23.3 Å². The first-order chi connectivity index (χ1) is 14.5. The van der Waals surface area contributed by atoms with Gasteiger partial charge in [-0.1, -0.05) is 60.6 Å². The monoisotopic (exact) mass is 419 g/mol. The number of rotatable bonds is 7. The van der Waals surface area contributed by atoms with Crippen molar-refractivity contribution in [1.29, 1.82) is 0 Å². The molecule has 0 aliphatic rings. The van der Waals surface area contributed by atoms with Crippen LogP contribution in [-0.2, 0) is 11.3 Å². The molecule has 154 valence electrons. The second-order valence-corrected chi connectivity index (χ2v) is 8.34. The largest absolute Gasteiger partial charge is 0.338 e. The minimum atomic E-state index is 0.0994. The zero-order valence-electron chi connectivity index (χ0n) is 17.5. The van der Waals surface area contributed by atoms with E-state index in [1.165, 1.54) is 17.3 Å². The number of aromatic nitrogens is 4. The fourth-order valence-electron chi connectivity index (χ4n) is 3.42. The molecule has 30 heavy (non-hydrogen) atoms. The van der Waals surface area contributed by atoms with Crippen molar-refractivity contribution in [3.63, 3.8) is 0 Å². The van der Waals surface area contributed by atoms with Gasteiger partial charge < -0.3 is 4.90 Å². The number of carbonyl (C=O) groups is 1. The summed E-state index contributed by atoms with van der Waals surface area (Å²) in [6.07, 6.45) is 0.920. The van der Waals surface area contributed by atoms with Crippen LogP contribution >= 0.6 is 11.8 Å². The maximum atomic E-state index is 13.0. The summed E-state index contributed by atoms with van der Waals surface area (Å²) in [6.45, 7) is 7.38. The minimum absolute atomic E-state index is 0.0994. The molecule has 2 aromatic carbocycles. The van der Waals surface area contributed by atoms with Gasteiger partial charge in [-0.3, -0.25) is 4.79 Å². The molecule has 0 fully saturated rings. The first-order valence-corrected chi connectivity index (χ1v) is 11.1. The van der Waals surface area contributed by atoms with E-state index in [0.717, 1.165) is 35.1 Å². The Kier molecular flexibility index (Phi) is 5.99. The number of amides is 1. The number of hydrogen-bond acceptors (Lipinski definition) is 5. The Bertz CT molecular complexity index is 1190. The zero-order chi connectivity index (χ0) is 21.1. The number of thioether (sulfide) groups is 1. The van der Waals surface area contributed by atoms with Crippen molar-refractivity contribution in [2.45, 2.75) is 38.9 Å². The van der Waals surface area contributed by atoms with Crippen LogP contribution < -0.4 is 0 Å². The quantitative estimate of drug-likeness (QED) is 0.328. The van der Waals surface area contributed by atoms with Crippen LogP contribution in [0.3, 0.4) is 0 Å². The molecule has 4 rings (SSSR count). The zero-order valence-corrected chi connectivity index (χ0v) is 18.3. The van der Waals surface area contributed by atoms with Crippen molar-refractivity contribution in [2.75, 3.05) is 12.3 Å². The van der Waals surface area contributed by atoms with Gasteiger partial charge in [-0.25, -0.2) is 9.97 Å². The molecule has 0 N–H and O–H groups in total. The van der Waals surface area contributed by atoms with Crippen molar-refractivity contribution >= 4 is 34.2 Å². The second kappa shape index (κ2) is 8.83. The first-order valence-electron chi connectivity index (χ1n) is 10.1. The minimum Gasteiger partial charge on any atom is -0.338 e. The van der Waals surface area contributed by atoms with Gasteiger partial charge in [0.15, 0.2) is 10.8 Å². The predicted molar refractivity (Wildman–Crippen MR) is 121 cm³/mol. The van der Waals surface area contributed by atoms with E-state index in [1.807, 2.05) is 36.1 Å². The van der Waals surface area contributed by atoms with Crippen molar-refractivity contribution in [3.05, 3.63) is 65.5 Å². The van der Waals surface area contributed by atoms with Crippen LogP contribution in [-0.4, -0.2) is 42.7 Å². The molecule has 0 aliphatic heterocycles. The van der Waals surface area contributed by atoms with Gasteiger partial charge in [0.1, 0.15) is 5.82 Å². The third-order valence-corrected chi connectivity index (χ3v) is 5.83. The maximum Gasteiger partial charge on any atom is 0.233 e. The highest BCUT2D eigenvalue weighted by Gasteiger charge is 2.17. The Balaban J connectivity index is 1.55. The van der Waals surface area contributed by atoms with Crippen molar-refractivity contribution < 1.29 is 4.79 Å². The normalized spacial score (nSPS) is 11.3. The summed E-state index contributed by atoms with van der Waals surface area (Å²) in [6, 6.07) is 16.2. The molecular weight excluding hydrogens is 394 g/mol. The summed E-state index contributed by atoms with van der Waals surface area (Å²) in [5.41, 5.74) is 4.00. The van der Waals surface area contributed by atoms with Gasteiger partial charge in [-0.2, -0.15) is 4.52 Å². The molecule has 4 aromatic rings. The lowest BCUT2D eigenvalue weighted by Gasteiger charge is -2.22. The molecule has 0 spiro atoms. The Labute approximate surface area is 180 Å². The van der Waals surface area contributed by atoms with Gasteiger partial charge in [-0.05, 0) is 38.0 Å². The summed E-state index contributed by atoms with van der Waals surface area (Å²) < 4.78 is 1.75. The summed E-state index contributed by atoms with van der Waals surface area (Å²) in [5.74, 6) is 1.10. The van der Waals surface area contributed by atoms with Gasteiger partial charge in [0.25, 0.3) is 0 Å². The topological polar surface area (TPSA) is 63.4 Å². The van der Waals surface area contributed by atoms with Crippen LogP contribution in [0, 0.1) is 13.8 Å². The third-order valence-electron chi connectivity index (χ3n) is 4.92. The summed E-state index contributed by atoms with van der Waals surface area (Å²) in [5, 5.41) is 6.14. The molecule has 6 nitrogen and oxygen atoms in total. The molecule has 0 saturated carbocycles. The third kappa shape index (κ3) is 4.31. The number of benzene rings is 2. The number of para-hydroxylation sites is 1. The Hall–Kier alpha value is -2.93. The van der Waals surface area contributed by atoms with Crippen LogP contribution in [0.5, 0.6) is 0 Å². The molecule has 2 aromatic heterocycles. The average molecular weight is 420 g/mol. The predicted octanol–water partition coefficient (Wildman–Crippen LogP) is 4.43. The molecule has 0 bridgehead atoms. The molecule has 0 saturated heterocycles. The first kappa shape index (κ1) is 20.3. The van der Waals surface area contributed by atoms with Crippen LogP contribution in [0.4, 0.5) is 0 Å². The summed E-state index contributed by atoms with van der Waals surface area (Å²) in [4.78, 5) is 24.2. The molecule has 0 aliphatic carbocycles. The molecule has 0 atom stereocenters. The van der Waals surface area contributed by atoms with Gasteiger partial charge in [-0.15, -0.1) is 5.10 Å². The molecule has 2 heterocycles. The van der Waals surface area contributed by atoms with E-state index in [9.17, 15) is 4.79 Å². The van der Waals surface area contributed by atoms with Gasteiger partial charge in [0, 0.05) is 18.5 Å². The van der Waals surface area contributed by atoms with E-state index in [4.69, 9.17) is 4.98 Å². The number of hydrogen-bond donors (Lipinski definition) is 0. The maximum absolute atomic E-state index is 13.0. The molecular formula is C23H25N5OS. The van der Waals surface area contributed by atoms with Gasteiger partial charge in [0.05, 0.1) is 11.3 Å². The smallest absolute Gasteiger partial charge is 0.233 e. The van der Waals surface area contributed by atoms with Crippen LogP contribution in [0.15, 0.2) is 53.7 Å². The Morgan fingerprint density at radius 3 is 2.60 bits per heavy atom. The van der Waals surface area contributed by atoms with Crippen LogP contribution in [0.25, 0.3) is 16.6 Å². The fraction of sp³-hybridized carbons (Fsp3) is 0.304. The van der Waals surface area contributed by atoms with E-state index < -0.39 is 0 Å².